The lowest BCUT2D eigenvalue weighted by molar-refractivity contribution is -0.116. The molecule has 0 aliphatic heterocycles. The number of thioether (sulfide) groups is 1. The second-order valence-electron chi connectivity index (χ2n) is 7.26. The first-order valence-corrected chi connectivity index (χ1v) is 11.2. The van der Waals surface area contributed by atoms with Gasteiger partial charge in [0.15, 0.2) is 5.16 Å². The number of anilines is 2. The topological polar surface area (TPSA) is 88.9 Å². The fourth-order valence-corrected chi connectivity index (χ4v) is 3.80. The summed E-state index contributed by atoms with van der Waals surface area (Å²) in [5.74, 6) is 0.808. The SMILES string of the molecule is CCn1c(CCC(=O)Nc2ccc(C)cc2)nnc1SCC(=O)Nc1ccc(C)cc1. The molecular weight excluding hydrogens is 410 g/mol. The molecule has 0 bridgehead atoms. The van der Waals surface area contributed by atoms with Gasteiger partial charge in [0.05, 0.1) is 5.75 Å². The Bertz CT molecular complexity index is 948. The first kappa shape index (κ1) is 22.6. The Kier molecular flexibility index (Phi) is 7.83. The van der Waals surface area contributed by atoms with E-state index < -0.39 is 0 Å². The summed E-state index contributed by atoms with van der Waals surface area (Å²) in [5, 5.41) is 14.9. The summed E-state index contributed by atoms with van der Waals surface area (Å²) in [6.07, 6.45) is 0.791. The Labute approximate surface area is 186 Å². The number of carbonyl (C=O) groups is 2. The lowest BCUT2D eigenvalue weighted by Gasteiger charge is -2.08. The summed E-state index contributed by atoms with van der Waals surface area (Å²) in [6, 6.07) is 15.4. The Morgan fingerprint density at radius 2 is 1.42 bits per heavy atom. The van der Waals surface area contributed by atoms with Gasteiger partial charge in [0, 0.05) is 30.8 Å². The van der Waals surface area contributed by atoms with Crippen molar-refractivity contribution >= 4 is 35.0 Å². The predicted molar refractivity (Wildman–Crippen MR) is 124 cm³/mol. The second-order valence-corrected chi connectivity index (χ2v) is 8.20. The van der Waals surface area contributed by atoms with E-state index in [1.807, 2.05) is 73.9 Å². The van der Waals surface area contributed by atoms with Crippen LogP contribution in [0.3, 0.4) is 0 Å². The highest BCUT2D eigenvalue weighted by molar-refractivity contribution is 7.99. The van der Waals surface area contributed by atoms with Crippen LogP contribution in [0.15, 0.2) is 53.7 Å². The van der Waals surface area contributed by atoms with Gasteiger partial charge in [-0.2, -0.15) is 0 Å². The molecule has 8 heteroatoms. The molecule has 0 aliphatic rings. The summed E-state index contributed by atoms with van der Waals surface area (Å²) in [4.78, 5) is 24.5. The van der Waals surface area contributed by atoms with Crippen molar-refractivity contribution in [2.24, 2.45) is 0 Å². The number of rotatable bonds is 9. The van der Waals surface area contributed by atoms with Crippen LogP contribution < -0.4 is 10.6 Å². The van der Waals surface area contributed by atoms with Gasteiger partial charge in [-0.3, -0.25) is 9.59 Å². The van der Waals surface area contributed by atoms with Crippen molar-refractivity contribution in [2.75, 3.05) is 16.4 Å². The second kappa shape index (κ2) is 10.8. The van der Waals surface area contributed by atoms with Crippen molar-refractivity contribution in [3.63, 3.8) is 0 Å². The van der Waals surface area contributed by atoms with E-state index in [1.165, 1.54) is 11.8 Å². The zero-order chi connectivity index (χ0) is 22.2. The molecule has 2 N–H and O–H groups in total. The Morgan fingerprint density at radius 1 is 0.871 bits per heavy atom. The third kappa shape index (κ3) is 6.68. The van der Waals surface area contributed by atoms with Crippen molar-refractivity contribution in [3.8, 4) is 0 Å². The van der Waals surface area contributed by atoms with Gasteiger partial charge in [0.1, 0.15) is 5.82 Å². The third-order valence-electron chi connectivity index (χ3n) is 4.69. The highest BCUT2D eigenvalue weighted by Crippen LogP contribution is 2.19. The largest absolute Gasteiger partial charge is 0.326 e. The van der Waals surface area contributed by atoms with Crippen LogP contribution in [-0.2, 0) is 22.6 Å². The molecule has 1 aromatic heterocycles. The molecule has 7 nitrogen and oxygen atoms in total. The molecule has 0 unspecified atom stereocenters. The summed E-state index contributed by atoms with van der Waals surface area (Å²) in [5.41, 5.74) is 3.84. The minimum Gasteiger partial charge on any atom is -0.326 e. The van der Waals surface area contributed by atoms with Gasteiger partial charge in [-0.25, -0.2) is 0 Å². The molecule has 0 saturated carbocycles. The number of hydrogen-bond acceptors (Lipinski definition) is 5. The maximum Gasteiger partial charge on any atom is 0.234 e. The summed E-state index contributed by atoms with van der Waals surface area (Å²) < 4.78 is 1.95. The molecule has 2 amide bonds. The average molecular weight is 438 g/mol. The molecule has 0 aliphatic carbocycles. The van der Waals surface area contributed by atoms with Crippen LogP contribution in [0, 0.1) is 13.8 Å². The van der Waals surface area contributed by atoms with Gasteiger partial charge < -0.3 is 15.2 Å². The predicted octanol–water partition coefficient (Wildman–Crippen LogP) is 4.22. The zero-order valence-electron chi connectivity index (χ0n) is 18.0. The van der Waals surface area contributed by atoms with E-state index in [0.29, 0.717) is 24.5 Å². The normalized spacial score (nSPS) is 10.7. The van der Waals surface area contributed by atoms with Gasteiger partial charge in [0.2, 0.25) is 11.8 Å². The summed E-state index contributed by atoms with van der Waals surface area (Å²) in [7, 11) is 0. The lowest BCUT2D eigenvalue weighted by Crippen LogP contribution is -2.15. The molecule has 0 spiro atoms. The van der Waals surface area contributed by atoms with E-state index >= 15 is 0 Å². The first-order valence-electron chi connectivity index (χ1n) is 10.2. The van der Waals surface area contributed by atoms with Crippen molar-refractivity contribution < 1.29 is 9.59 Å². The van der Waals surface area contributed by atoms with Crippen molar-refractivity contribution in [1.82, 2.24) is 14.8 Å². The van der Waals surface area contributed by atoms with Crippen LogP contribution in [0.5, 0.6) is 0 Å². The number of nitrogens with zero attached hydrogens (tertiary/aromatic N) is 3. The molecule has 0 atom stereocenters. The highest BCUT2D eigenvalue weighted by atomic mass is 32.2. The van der Waals surface area contributed by atoms with Gasteiger partial charge in [-0.05, 0) is 45.0 Å². The van der Waals surface area contributed by atoms with Crippen LogP contribution in [0.25, 0.3) is 0 Å². The molecule has 0 fully saturated rings. The van der Waals surface area contributed by atoms with Crippen LogP contribution in [0.2, 0.25) is 0 Å². The highest BCUT2D eigenvalue weighted by Gasteiger charge is 2.14. The van der Waals surface area contributed by atoms with Crippen molar-refractivity contribution in [2.45, 2.75) is 45.3 Å². The van der Waals surface area contributed by atoms with Gasteiger partial charge >= 0.3 is 0 Å². The van der Waals surface area contributed by atoms with Crippen molar-refractivity contribution in [3.05, 3.63) is 65.5 Å². The monoisotopic (exact) mass is 437 g/mol. The fraction of sp³-hybridized carbons (Fsp3) is 0.304. The number of benzene rings is 2. The van der Waals surface area contributed by atoms with Crippen LogP contribution in [0.4, 0.5) is 11.4 Å². The maximum absolute atomic E-state index is 12.3. The van der Waals surface area contributed by atoms with Gasteiger partial charge in [-0.15, -0.1) is 10.2 Å². The number of nitrogens with one attached hydrogen (secondary N) is 2. The molecule has 0 radical (unpaired) electrons. The number of hydrogen-bond donors (Lipinski definition) is 2. The van der Waals surface area contributed by atoms with E-state index in [4.69, 9.17) is 0 Å². The van der Waals surface area contributed by atoms with E-state index in [0.717, 1.165) is 28.3 Å². The van der Waals surface area contributed by atoms with Crippen molar-refractivity contribution in [1.29, 1.82) is 0 Å². The molecule has 3 rings (SSSR count). The Balaban J connectivity index is 1.51. The molecule has 3 aromatic rings. The standard InChI is InChI=1S/C23H27N5O2S/c1-4-28-20(13-14-21(29)24-18-9-5-16(2)6-10-18)26-27-23(28)31-15-22(30)25-19-11-7-17(3)8-12-19/h5-12H,4,13-15H2,1-3H3,(H,24,29)(H,25,30). The Morgan fingerprint density at radius 3 is 1.97 bits per heavy atom. The lowest BCUT2D eigenvalue weighted by atomic mass is 10.2. The minimum absolute atomic E-state index is 0.0683. The third-order valence-corrected chi connectivity index (χ3v) is 5.66. The van der Waals surface area contributed by atoms with E-state index in [2.05, 4.69) is 20.8 Å². The molecule has 31 heavy (non-hydrogen) atoms. The first-order chi connectivity index (χ1) is 14.9. The molecule has 2 aromatic carbocycles. The molecule has 162 valence electrons. The quantitative estimate of drug-likeness (QED) is 0.490. The fourth-order valence-electron chi connectivity index (χ4n) is 2.98. The summed E-state index contributed by atoms with van der Waals surface area (Å²) >= 11 is 1.34. The Hall–Kier alpha value is -3.13. The summed E-state index contributed by atoms with van der Waals surface area (Å²) in [6.45, 7) is 6.67. The minimum atomic E-state index is -0.0986. The van der Waals surface area contributed by atoms with E-state index in [-0.39, 0.29) is 17.6 Å². The number of amides is 2. The smallest absolute Gasteiger partial charge is 0.234 e. The van der Waals surface area contributed by atoms with Crippen LogP contribution in [0.1, 0.15) is 30.3 Å². The molecule has 1 heterocycles. The van der Waals surface area contributed by atoms with Crippen LogP contribution >= 0.6 is 11.8 Å². The van der Waals surface area contributed by atoms with Crippen LogP contribution in [-0.4, -0.2) is 32.3 Å². The van der Waals surface area contributed by atoms with Gasteiger partial charge in [-0.1, -0.05) is 47.2 Å². The average Bonchev–Trinajstić information content (AvgIpc) is 3.16. The maximum atomic E-state index is 12.3. The molecule has 0 saturated heterocycles. The molecular formula is C23H27N5O2S. The number of aryl methyl sites for hydroxylation is 3. The van der Waals surface area contributed by atoms with E-state index in [1.54, 1.807) is 0 Å². The zero-order valence-corrected chi connectivity index (χ0v) is 18.8. The number of aromatic nitrogens is 3. The number of carbonyl (C=O) groups excluding carboxylic acids is 2. The van der Waals surface area contributed by atoms with Gasteiger partial charge in [0.25, 0.3) is 0 Å². The van der Waals surface area contributed by atoms with E-state index in [9.17, 15) is 9.59 Å².